The summed E-state index contributed by atoms with van der Waals surface area (Å²) in [7, 11) is 0. The van der Waals surface area contributed by atoms with Gasteiger partial charge in [0.25, 0.3) is 5.69 Å². The first-order chi connectivity index (χ1) is 14.4. The maximum Gasteiger partial charge on any atom is 0.269 e. The molecule has 0 heterocycles. The van der Waals surface area contributed by atoms with Crippen LogP contribution >= 0.6 is 11.8 Å². The van der Waals surface area contributed by atoms with Crippen molar-refractivity contribution in [1.82, 2.24) is 10.2 Å². The lowest BCUT2D eigenvalue weighted by Gasteiger charge is -2.28. The molecule has 0 aliphatic heterocycles. The number of benzene rings is 2. The van der Waals surface area contributed by atoms with E-state index < -0.39 is 11.0 Å². The largest absolute Gasteiger partial charge is 0.354 e. The molecule has 0 unspecified atom stereocenters. The zero-order chi connectivity index (χ0) is 21.9. The number of thioether (sulfide) groups is 1. The number of hydrogen-bond acceptors (Lipinski definition) is 5. The van der Waals surface area contributed by atoms with Crippen LogP contribution in [-0.4, -0.2) is 40.0 Å². The minimum Gasteiger partial charge on any atom is -0.354 e. The molecule has 7 nitrogen and oxygen atoms in total. The predicted molar refractivity (Wildman–Crippen MR) is 119 cm³/mol. The molecule has 160 valence electrons. The normalized spacial score (nSPS) is 11.5. The Bertz CT molecular complexity index is 843. The maximum absolute atomic E-state index is 12.9. The lowest BCUT2D eigenvalue weighted by molar-refractivity contribution is -0.384. The van der Waals surface area contributed by atoms with Crippen molar-refractivity contribution in [2.24, 2.45) is 0 Å². The van der Waals surface area contributed by atoms with Crippen LogP contribution in [0.25, 0.3) is 0 Å². The van der Waals surface area contributed by atoms with Crippen molar-refractivity contribution in [3.05, 3.63) is 75.8 Å². The van der Waals surface area contributed by atoms with Crippen LogP contribution in [0.2, 0.25) is 0 Å². The van der Waals surface area contributed by atoms with Crippen molar-refractivity contribution in [2.45, 2.75) is 38.6 Å². The van der Waals surface area contributed by atoms with Gasteiger partial charge in [-0.3, -0.25) is 19.7 Å². The minimum atomic E-state index is -0.579. The fourth-order valence-corrected chi connectivity index (χ4v) is 3.68. The number of rotatable bonds is 11. The number of non-ortho nitro benzene ring substituents is 1. The molecule has 0 aliphatic carbocycles. The highest BCUT2D eigenvalue weighted by Crippen LogP contribution is 2.18. The topological polar surface area (TPSA) is 92.6 Å². The first-order valence-electron chi connectivity index (χ1n) is 9.84. The van der Waals surface area contributed by atoms with Gasteiger partial charge in [0, 0.05) is 31.0 Å². The van der Waals surface area contributed by atoms with Crippen molar-refractivity contribution in [1.29, 1.82) is 0 Å². The molecule has 8 heteroatoms. The molecule has 1 N–H and O–H groups in total. The highest BCUT2D eigenvalue weighted by atomic mass is 32.2. The molecule has 0 fully saturated rings. The van der Waals surface area contributed by atoms with Gasteiger partial charge in [-0.1, -0.05) is 49.4 Å². The van der Waals surface area contributed by atoms with Crippen LogP contribution in [0.4, 0.5) is 5.69 Å². The summed E-state index contributed by atoms with van der Waals surface area (Å²) in [6.07, 6.45) is 0.830. The van der Waals surface area contributed by atoms with Crippen LogP contribution in [0, 0.1) is 10.1 Å². The summed E-state index contributed by atoms with van der Waals surface area (Å²) < 4.78 is 0. The predicted octanol–water partition coefficient (Wildman–Crippen LogP) is 3.77. The molecule has 2 rings (SSSR count). The molecule has 30 heavy (non-hydrogen) atoms. The van der Waals surface area contributed by atoms with Crippen molar-refractivity contribution < 1.29 is 14.5 Å². The number of amides is 2. The number of nitro groups is 1. The van der Waals surface area contributed by atoms with Gasteiger partial charge in [-0.2, -0.15) is 0 Å². The Balaban J connectivity index is 2.00. The van der Waals surface area contributed by atoms with Gasteiger partial charge in [0.05, 0.1) is 10.7 Å². The van der Waals surface area contributed by atoms with E-state index in [1.165, 1.54) is 23.9 Å². The smallest absolute Gasteiger partial charge is 0.269 e. The standard InChI is InChI=1S/C22H27N3O4S/c1-3-13-23-22(27)17(2)24(14-18-7-5-4-6-8-18)21(26)16-30-15-19-9-11-20(12-10-19)25(28)29/h4-12,17H,3,13-16H2,1-2H3,(H,23,27)/t17-/m1/s1. The highest BCUT2D eigenvalue weighted by molar-refractivity contribution is 7.99. The van der Waals surface area contributed by atoms with Crippen LogP contribution in [0.1, 0.15) is 31.4 Å². The van der Waals surface area contributed by atoms with E-state index in [4.69, 9.17) is 0 Å². The average Bonchev–Trinajstić information content (AvgIpc) is 2.76. The molecular formula is C22H27N3O4S. The van der Waals surface area contributed by atoms with Crippen LogP contribution in [0.15, 0.2) is 54.6 Å². The van der Waals surface area contributed by atoms with Crippen LogP contribution in [-0.2, 0) is 21.9 Å². The van der Waals surface area contributed by atoms with Crippen molar-refractivity contribution in [3.8, 4) is 0 Å². The molecule has 0 aromatic heterocycles. The summed E-state index contributed by atoms with van der Waals surface area (Å²) in [4.78, 5) is 37.3. The Morgan fingerprint density at radius 1 is 1.10 bits per heavy atom. The molecule has 0 saturated heterocycles. The van der Waals surface area contributed by atoms with E-state index in [-0.39, 0.29) is 23.3 Å². The average molecular weight is 430 g/mol. The molecule has 2 aromatic carbocycles. The molecular weight excluding hydrogens is 402 g/mol. The Morgan fingerprint density at radius 3 is 2.37 bits per heavy atom. The molecule has 0 bridgehead atoms. The molecule has 0 saturated carbocycles. The number of nitrogens with one attached hydrogen (secondary N) is 1. The highest BCUT2D eigenvalue weighted by Gasteiger charge is 2.25. The molecule has 0 aliphatic rings. The lowest BCUT2D eigenvalue weighted by atomic mass is 10.1. The first-order valence-corrected chi connectivity index (χ1v) is 11.0. The SMILES string of the molecule is CCCNC(=O)[C@@H](C)N(Cc1ccccc1)C(=O)CSCc1ccc([N+](=O)[O-])cc1. The van der Waals surface area contributed by atoms with Gasteiger partial charge < -0.3 is 10.2 Å². The number of carbonyl (C=O) groups excluding carboxylic acids is 2. The zero-order valence-corrected chi connectivity index (χ0v) is 18.1. The minimum absolute atomic E-state index is 0.0424. The Kier molecular flexibility index (Phi) is 9.34. The van der Waals surface area contributed by atoms with E-state index >= 15 is 0 Å². The van der Waals surface area contributed by atoms with Gasteiger partial charge in [-0.05, 0) is 24.5 Å². The molecule has 0 radical (unpaired) electrons. The fraction of sp³-hybridized carbons (Fsp3) is 0.364. The molecule has 2 amide bonds. The summed E-state index contributed by atoms with van der Waals surface area (Å²) in [5.41, 5.74) is 1.91. The fourth-order valence-electron chi connectivity index (χ4n) is 2.81. The van der Waals surface area contributed by atoms with Gasteiger partial charge >= 0.3 is 0 Å². The summed E-state index contributed by atoms with van der Waals surface area (Å²) in [5.74, 6) is 0.487. The van der Waals surface area contributed by atoms with Crippen LogP contribution in [0.3, 0.4) is 0 Å². The molecule has 0 spiro atoms. The van der Waals surface area contributed by atoms with Crippen molar-refractivity contribution in [3.63, 3.8) is 0 Å². The third-order valence-corrected chi connectivity index (χ3v) is 5.54. The summed E-state index contributed by atoms with van der Waals surface area (Å²) in [6, 6.07) is 15.3. The van der Waals surface area contributed by atoms with E-state index in [0.29, 0.717) is 18.8 Å². The summed E-state index contributed by atoms with van der Waals surface area (Å²) >= 11 is 1.42. The van der Waals surface area contributed by atoms with E-state index in [1.807, 2.05) is 37.3 Å². The van der Waals surface area contributed by atoms with E-state index in [0.717, 1.165) is 17.5 Å². The van der Waals surface area contributed by atoms with Gasteiger partial charge in [0.2, 0.25) is 11.8 Å². The summed E-state index contributed by atoms with van der Waals surface area (Å²) in [5, 5.41) is 13.6. The van der Waals surface area contributed by atoms with E-state index in [2.05, 4.69) is 5.32 Å². The second-order valence-electron chi connectivity index (χ2n) is 6.89. The Hall–Kier alpha value is -2.87. The van der Waals surface area contributed by atoms with Gasteiger partial charge in [-0.25, -0.2) is 0 Å². The first kappa shape index (κ1) is 23.4. The summed E-state index contributed by atoms with van der Waals surface area (Å²) in [6.45, 7) is 4.66. The lowest BCUT2D eigenvalue weighted by Crippen LogP contribution is -2.48. The molecule has 2 aromatic rings. The van der Waals surface area contributed by atoms with Crippen molar-refractivity contribution in [2.75, 3.05) is 12.3 Å². The van der Waals surface area contributed by atoms with Crippen LogP contribution < -0.4 is 5.32 Å². The maximum atomic E-state index is 12.9. The number of nitrogens with zero attached hydrogens (tertiary/aromatic N) is 2. The van der Waals surface area contributed by atoms with E-state index in [1.54, 1.807) is 24.0 Å². The third-order valence-electron chi connectivity index (χ3n) is 4.55. The Morgan fingerprint density at radius 2 is 1.77 bits per heavy atom. The quantitative estimate of drug-likeness (QED) is 0.434. The van der Waals surface area contributed by atoms with Gasteiger partial charge in [-0.15, -0.1) is 11.8 Å². The van der Waals surface area contributed by atoms with Gasteiger partial charge in [0.15, 0.2) is 0 Å². The second kappa shape index (κ2) is 12.0. The van der Waals surface area contributed by atoms with Crippen molar-refractivity contribution >= 4 is 29.3 Å². The van der Waals surface area contributed by atoms with E-state index in [9.17, 15) is 19.7 Å². The van der Waals surface area contributed by atoms with Gasteiger partial charge in [0.1, 0.15) is 6.04 Å². The number of nitro benzene ring substituents is 1. The number of hydrogen-bond donors (Lipinski definition) is 1. The second-order valence-corrected chi connectivity index (χ2v) is 7.88. The monoisotopic (exact) mass is 429 g/mol. The third kappa shape index (κ3) is 7.18. The van der Waals surface area contributed by atoms with Crippen LogP contribution in [0.5, 0.6) is 0 Å². The zero-order valence-electron chi connectivity index (χ0n) is 17.2. The molecule has 1 atom stereocenters. The number of carbonyl (C=O) groups is 2. The Labute approximate surface area is 181 Å².